The maximum atomic E-state index is 12.3. The summed E-state index contributed by atoms with van der Waals surface area (Å²) in [5.74, 6) is 0.727. The van der Waals surface area contributed by atoms with Crippen molar-refractivity contribution in [2.45, 2.75) is 27.3 Å². The number of hydrogen-bond donors (Lipinski definition) is 0. The van der Waals surface area contributed by atoms with Crippen LogP contribution in [-0.4, -0.2) is 34.3 Å². The SMILES string of the molecule is COc1c(C)cnc(CN(C)C(=O)c2cc(C)sn2)c1C. The molecule has 0 unspecified atom stereocenters. The zero-order chi connectivity index (χ0) is 15.6. The van der Waals surface area contributed by atoms with Gasteiger partial charge >= 0.3 is 0 Å². The molecule has 0 N–H and O–H groups in total. The second-order valence-electron chi connectivity index (χ2n) is 5.03. The quantitative estimate of drug-likeness (QED) is 0.871. The van der Waals surface area contributed by atoms with E-state index in [2.05, 4.69) is 9.36 Å². The number of carbonyl (C=O) groups is 1. The van der Waals surface area contributed by atoms with Crippen LogP contribution in [0.1, 0.15) is 32.2 Å². The first-order valence-corrected chi connectivity index (χ1v) is 7.39. The van der Waals surface area contributed by atoms with E-state index in [9.17, 15) is 4.79 Å². The van der Waals surface area contributed by atoms with Crippen LogP contribution in [0.15, 0.2) is 12.3 Å². The van der Waals surface area contributed by atoms with E-state index in [0.717, 1.165) is 27.4 Å². The summed E-state index contributed by atoms with van der Waals surface area (Å²) in [7, 11) is 3.40. The minimum absolute atomic E-state index is 0.0971. The molecule has 0 fully saturated rings. The van der Waals surface area contributed by atoms with Gasteiger partial charge in [0.2, 0.25) is 0 Å². The van der Waals surface area contributed by atoms with E-state index in [4.69, 9.17) is 4.74 Å². The molecule has 0 radical (unpaired) electrons. The van der Waals surface area contributed by atoms with Crippen molar-refractivity contribution in [3.05, 3.63) is 39.7 Å². The molecule has 1 amide bonds. The first-order valence-electron chi connectivity index (χ1n) is 6.62. The third-order valence-corrected chi connectivity index (χ3v) is 4.02. The molecule has 5 nitrogen and oxygen atoms in total. The van der Waals surface area contributed by atoms with Gasteiger partial charge in [0, 0.05) is 29.2 Å². The Labute approximate surface area is 128 Å². The van der Waals surface area contributed by atoms with Gasteiger partial charge in [-0.2, -0.15) is 4.37 Å². The molecule has 2 aromatic heterocycles. The van der Waals surface area contributed by atoms with Gasteiger partial charge in [0.1, 0.15) is 11.4 Å². The number of pyridine rings is 1. The molecule has 0 spiro atoms. The van der Waals surface area contributed by atoms with Crippen LogP contribution in [0, 0.1) is 20.8 Å². The highest BCUT2D eigenvalue weighted by atomic mass is 32.1. The largest absolute Gasteiger partial charge is 0.496 e. The van der Waals surface area contributed by atoms with Crippen LogP contribution in [0.2, 0.25) is 0 Å². The molecule has 0 aliphatic rings. The van der Waals surface area contributed by atoms with Crippen molar-refractivity contribution in [1.82, 2.24) is 14.3 Å². The molecule has 0 atom stereocenters. The number of aryl methyl sites for hydroxylation is 2. The molecule has 2 rings (SSSR count). The van der Waals surface area contributed by atoms with E-state index in [0.29, 0.717) is 12.2 Å². The Kier molecular flexibility index (Phi) is 4.57. The number of aromatic nitrogens is 2. The Morgan fingerprint density at radius 2 is 2.10 bits per heavy atom. The van der Waals surface area contributed by atoms with Crippen LogP contribution in [0.25, 0.3) is 0 Å². The molecule has 21 heavy (non-hydrogen) atoms. The van der Waals surface area contributed by atoms with E-state index in [1.165, 1.54) is 11.5 Å². The second-order valence-corrected chi connectivity index (χ2v) is 6.04. The standard InChI is InChI=1S/C15H19N3O2S/c1-9-7-16-13(11(3)14(9)20-5)8-18(4)15(19)12-6-10(2)21-17-12/h6-7H,8H2,1-5H3. The van der Waals surface area contributed by atoms with Crippen molar-refractivity contribution in [3.63, 3.8) is 0 Å². The lowest BCUT2D eigenvalue weighted by molar-refractivity contribution is 0.0778. The summed E-state index contributed by atoms with van der Waals surface area (Å²) in [6.45, 7) is 6.28. The number of hydrogen-bond acceptors (Lipinski definition) is 5. The first kappa shape index (κ1) is 15.4. The first-order chi connectivity index (χ1) is 9.93. The number of methoxy groups -OCH3 is 1. The molecule has 112 valence electrons. The maximum absolute atomic E-state index is 12.3. The highest BCUT2D eigenvalue weighted by Crippen LogP contribution is 2.24. The van der Waals surface area contributed by atoms with Gasteiger partial charge in [0.05, 0.1) is 19.3 Å². The molecular weight excluding hydrogens is 286 g/mol. The Morgan fingerprint density at radius 1 is 1.38 bits per heavy atom. The molecule has 0 saturated carbocycles. The number of amides is 1. The zero-order valence-corrected chi connectivity index (χ0v) is 13.7. The van der Waals surface area contributed by atoms with Gasteiger partial charge in [-0.05, 0) is 38.4 Å². The lowest BCUT2D eigenvalue weighted by atomic mass is 10.1. The fraction of sp³-hybridized carbons (Fsp3) is 0.400. The molecule has 6 heteroatoms. The third-order valence-electron chi connectivity index (χ3n) is 3.33. The molecule has 0 saturated heterocycles. The molecule has 0 aliphatic carbocycles. The Balaban J connectivity index is 2.20. The van der Waals surface area contributed by atoms with Gasteiger partial charge in [0.15, 0.2) is 0 Å². The predicted molar refractivity (Wildman–Crippen MR) is 82.9 cm³/mol. The highest BCUT2D eigenvalue weighted by molar-refractivity contribution is 7.05. The minimum Gasteiger partial charge on any atom is -0.496 e. The topological polar surface area (TPSA) is 55.3 Å². The van der Waals surface area contributed by atoms with Crippen molar-refractivity contribution < 1.29 is 9.53 Å². The molecule has 2 aromatic rings. The van der Waals surface area contributed by atoms with Gasteiger partial charge in [-0.15, -0.1) is 0 Å². The van der Waals surface area contributed by atoms with Crippen molar-refractivity contribution in [3.8, 4) is 5.75 Å². The van der Waals surface area contributed by atoms with Gasteiger partial charge in [-0.3, -0.25) is 9.78 Å². The van der Waals surface area contributed by atoms with E-state index < -0.39 is 0 Å². The molecule has 0 aromatic carbocycles. The second kappa shape index (κ2) is 6.22. The molecular formula is C15H19N3O2S. The summed E-state index contributed by atoms with van der Waals surface area (Å²) in [5.41, 5.74) is 3.27. The average molecular weight is 305 g/mol. The molecule has 2 heterocycles. The lowest BCUT2D eigenvalue weighted by Gasteiger charge is -2.18. The van der Waals surface area contributed by atoms with Gasteiger partial charge in [0.25, 0.3) is 5.91 Å². The number of nitrogens with zero attached hydrogens (tertiary/aromatic N) is 3. The van der Waals surface area contributed by atoms with Gasteiger partial charge in [-0.25, -0.2) is 0 Å². The van der Waals surface area contributed by atoms with E-state index >= 15 is 0 Å². The maximum Gasteiger partial charge on any atom is 0.273 e. The summed E-state index contributed by atoms with van der Waals surface area (Å²) in [6, 6.07) is 1.81. The van der Waals surface area contributed by atoms with E-state index in [1.807, 2.05) is 20.8 Å². The molecule has 0 bridgehead atoms. The smallest absolute Gasteiger partial charge is 0.273 e. The predicted octanol–water partition coefficient (Wildman–Crippen LogP) is 2.74. The fourth-order valence-electron chi connectivity index (χ4n) is 2.19. The van der Waals surface area contributed by atoms with E-state index in [-0.39, 0.29) is 5.91 Å². The summed E-state index contributed by atoms with van der Waals surface area (Å²) in [5, 5.41) is 0. The number of rotatable bonds is 4. The van der Waals surface area contributed by atoms with Gasteiger partial charge in [-0.1, -0.05) is 0 Å². The Hall–Kier alpha value is -1.95. The van der Waals surface area contributed by atoms with Gasteiger partial charge < -0.3 is 9.64 Å². The Morgan fingerprint density at radius 3 is 2.67 bits per heavy atom. The lowest BCUT2D eigenvalue weighted by Crippen LogP contribution is -2.27. The van der Waals surface area contributed by atoms with Crippen LogP contribution in [0.4, 0.5) is 0 Å². The Bertz CT molecular complexity index is 667. The van der Waals surface area contributed by atoms with E-state index in [1.54, 1.807) is 31.3 Å². The minimum atomic E-state index is -0.0971. The third kappa shape index (κ3) is 3.21. The van der Waals surface area contributed by atoms with Crippen LogP contribution in [0.5, 0.6) is 5.75 Å². The van der Waals surface area contributed by atoms with Crippen LogP contribution >= 0.6 is 11.5 Å². The number of carbonyl (C=O) groups excluding carboxylic acids is 1. The van der Waals surface area contributed by atoms with Crippen molar-refractivity contribution >= 4 is 17.4 Å². The molecule has 0 aliphatic heterocycles. The van der Waals surface area contributed by atoms with Crippen molar-refractivity contribution in [2.24, 2.45) is 0 Å². The summed E-state index contributed by atoms with van der Waals surface area (Å²) in [4.78, 5) is 19.4. The van der Waals surface area contributed by atoms with Crippen molar-refractivity contribution in [2.75, 3.05) is 14.2 Å². The summed E-state index contributed by atoms with van der Waals surface area (Å²) >= 11 is 1.33. The van der Waals surface area contributed by atoms with Crippen molar-refractivity contribution in [1.29, 1.82) is 0 Å². The fourth-order valence-corrected chi connectivity index (χ4v) is 2.73. The average Bonchev–Trinajstić information content (AvgIpc) is 2.88. The van der Waals surface area contributed by atoms with Crippen LogP contribution in [-0.2, 0) is 6.54 Å². The highest BCUT2D eigenvalue weighted by Gasteiger charge is 2.18. The summed E-state index contributed by atoms with van der Waals surface area (Å²) in [6.07, 6.45) is 1.77. The monoisotopic (exact) mass is 305 g/mol. The number of ether oxygens (including phenoxy) is 1. The normalized spacial score (nSPS) is 10.5. The van der Waals surface area contributed by atoms with Crippen LogP contribution < -0.4 is 4.74 Å². The summed E-state index contributed by atoms with van der Waals surface area (Å²) < 4.78 is 9.55. The van der Waals surface area contributed by atoms with Crippen LogP contribution in [0.3, 0.4) is 0 Å². The zero-order valence-electron chi connectivity index (χ0n) is 12.9.